The van der Waals surface area contributed by atoms with Crippen molar-refractivity contribution in [1.82, 2.24) is 9.62 Å². The van der Waals surface area contributed by atoms with Gasteiger partial charge in [0.25, 0.3) is 0 Å². The summed E-state index contributed by atoms with van der Waals surface area (Å²) in [5.41, 5.74) is 1.53. The van der Waals surface area contributed by atoms with Crippen molar-refractivity contribution in [1.29, 1.82) is 0 Å². The van der Waals surface area contributed by atoms with E-state index in [1.165, 1.54) is 18.4 Å². The molecule has 124 valence electrons. The van der Waals surface area contributed by atoms with Crippen molar-refractivity contribution < 1.29 is 13.2 Å². The molecule has 1 rings (SSSR count). The van der Waals surface area contributed by atoms with Crippen molar-refractivity contribution in [3.05, 3.63) is 23.8 Å². The molecule has 0 bridgehead atoms. The molecule has 0 saturated heterocycles. The minimum absolute atomic E-state index is 0.103. The lowest BCUT2D eigenvalue weighted by Crippen LogP contribution is -2.30. The molecule has 6 nitrogen and oxygen atoms in total. The maximum Gasteiger partial charge on any atom is 0.242 e. The van der Waals surface area contributed by atoms with E-state index in [4.69, 9.17) is 0 Å². The second kappa shape index (κ2) is 8.14. The summed E-state index contributed by atoms with van der Waals surface area (Å²) in [5.74, 6) is -0.103. The van der Waals surface area contributed by atoms with E-state index in [1.807, 2.05) is 6.92 Å². The first-order chi connectivity index (χ1) is 10.3. The van der Waals surface area contributed by atoms with Gasteiger partial charge in [-0.25, -0.2) is 12.7 Å². The van der Waals surface area contributed by atoms with Gasteiger partial charge in [0.15, 0.2) is 0 Å². The van der Waals surface area contributed by atoms with Gasteiger partial charge >= 0.3 is 0 Å². The molecular formula is C15H25N3O3S. The molecule has 0 aromatic heterocycles. The Kier molecular flexibility index (Phi) is 6.83. The summed E-state index contributed by atoms with van der Waals surface area (Å²) in [4.78, 5) is 11.9. The van der Waals surface area contributed by atoms with Crippen LogP contribution in [0.15, 0.2) is 23.1 Å². The highest BCUT2D eigenvalue weighted by Crippen LogP contribution is 2.21. The van der Waals surface area contributed by atoms with Crippen molar-refractivity contribution in [2.45, 2.75) is 31.6 Å². The number of nitrogens with zero attached hydrogens (tertiary/aromatic N) is 1. The molecule has 0 fully saturated rings. The maximum atomic E-state index is 12.1. The average Bonchev–Trinajstić information content (AvgIpc) is 2.46. The lowest BCUT2D eigenvalue weighted by molar-refractivity contribution is -0.119. The lowest BCUT2D eigenvalue weighted by atomic mass is 10.2. The van der Waals surface area contributed by atoms with Crippen LogP contribution >= 0.6 is 0 Å². The third kappa shape index (κ3) is 4.99. The van der Waals surface area contributed by atoms with Crippen LogP contribution < -0.4 is 10.6 Å². The number of hydrogen-bond donors (Lipinski definition) is 2. The minimum atomic E-state index is -3.48. The number of carbonyl (C=O) groups excluding carboxylic acids is 1. The standard InChI is InChI=1S/C15H25N3O3S/c1-5-6-9-16-15(19)11-17-14-10-13(8-7-12(14)2)22(20,21)18(3)4/h7-8,10,17H,5-6,9,11H2,1-4H3,(H,16,19). The predicted molar refractivity (Wildman–Crippen MR) is 88.5 cm³/mol. The zero-order valence-electron chi connectivity index (χ0n) is 13.6. The van der Waals surface area contributed by atoms with Crippen LogP contribution in [0.5, 0.6) is 0 Å². The summed E-state index contributed by atoms with van der Waals surface area (Å²) >= 11 is 0. The summed E-state index contributed by atoms with van der Waals surface area (Å²) in [7, 11) is -0.500. The van der Waals surface area contributed by atoms with Crippen LogP contribution in [0.3, 0.4) is 0 Å². The van der Waals surface area contributed by atoms with Gasteiger partial charge in [0.05, 0.1) is 11.4 Å². The number of nitrogens with one attached hydrogen (secondary N) is 2. The highest BCUT2D eigenvalue weighted by atomic mass is 32.2. The van der Waals surface area contributed by atoms with Crippen LogP contribution in [0.1, 0.15) is 25.3 Å². The SMILES string of the molecule is CCCCNC(=O)CNc1cc(S(=O)(=O)N(C)C)ccc1C. The molecule has 0 aliphatic rings. The fourth-order valence-corrected chi connectivity index (χ4v) is 2.73. The Labute approximate surface area is 132 Å². The van der Waals surface area contributed by atoms with Crippen LogP contribution in [0.25, 0.3) is 0 Å². The van der Waals surface area contributed by atoms with Gasteiger partial charge in [-0.05, 0) is 31.0 Å². The van der Waals surface area contributed by atoms with Crippen LogP contribution in [0.4, 0.5) is 5.69 Å². The fourth-order valence-electron chi connectivity index (χ4n) is 1.81. The molecule has 1 amide bonds. The summed E-state index contributed by atoms with van der Waals surface area (Å²) < 4.78 is 25.4. The quantitative estimate of drug-likeness (QED) is 0.711. The van der Waals surface area contributed by atoms with Crippen molar-refractivity contribution in [3.8, 4) is 0 Å². The number of carbonyl (C=O) groups is 1. The summed E-state index contributed by atoms with van der Waals surface area (Å²) in [6.07, 6.45) is 1.97. The number of benzene rings is 1. The van der Waals surface area contributed by atoms with Crippen molar-refractivity contribution in [2.24, 2.45) is 0 Å². The second-order valence-corrected chi connectivity index (χ2v) is 7.47. The minimum Gasteiger partial charge on any atom is -0.376 e. The Morgan fingerprint density at radius 1 is 1.27 bits per heavy atom. The van der Waals surface area contributed by atoms with E-state index in [2.05, 4.69) is 17.6 Å². The Balaban J connectivity index is 2.77. The molecule has 0 radical (unpaired) electrons. The van der Waals surface area contributed by atoms with Gasteiger partial charge < -0.3 is 10.6 Å². The molecule has 22 heavy (non-hydrogen) atoms. The molecule has 2 N–H and O–H groups in total. The predicted octanol–water partition coefficient (Wildman–Crippen LogP) is 1.57. The molecule has 7 heteroatoms. The highest BCUT2D eigenvalue weighted by molar-refractivity contribution is 7.89. The summed E-state index contributed by atoms with van der Waals surface area (Å²) in [6.45, 7) is 4.70. The molecular weight excluding hydrogens is 302 g/mol. The molecule has 0 aliphatic heterocycles. The van der Waals surface area contributed by atoms with Crippen molar-refractivity contribution >= 4 is 21.6 Å². The number of hydrogen-bond acceptors (Lipinski definition) is 4. The van der Waals surface area contributed by atoms with Gasteiger partial charge in [0.1, 0.15) is 0 Å². The van der Waals surface area contributed by atoms with Gasteiger partial charge in [0.2, 0.25) is 15.9 Å². The molecule has 0 heterocycles. The number of aryl methyl sites for hydroxylation is 1. The Morgan fingerprint density at radius 3 is 2.55 bits per heavy atom. The van der Waals surface area contributed by atoms with E-state index in [0.29, 0.717) is 12.2 Å². The van der Waals surface area contributed by atoms with Gasteiger partial charge in [-0.1, -0.05) is 19.4 Å². The Morgan fingerprint density at radius 2 is 1.95 bits per heavy atom. The monoisotopic (exact) mass is 327 g/mol. The number of amides is 1. The molecule has 1 aromatic carbocycles. The molecule has 1 aromatic rings. The van der Waals surface area contributed by atoms with E-state index >= 15 is 0 Å². The summed E-state index contributed by atoms with van der Waals surface area (Å²) in [5, 5.41) is 5.80. The van der Waals surface area contributed by atoms with Crippen LogP contribution in [0, 0.1) is 6.92 Å². The number of unbranched alkanes of at least 4 members (excludes halogenated alkanes) is 1. The normalized spacial score (nSPS) is 11.5. The highest BCUT2D eigenvalue weighted by Gasteiger charge is 2.18. The first-order valence-corrected chi connectivity index (χ1v) is 8.76. The van der Waals surface area contributed by atoms with E-state index in [-0.39, 0.29) is 17.3 Å². The van der Waals surface area contributed by atoms with Crippen LogP contribution in [-0.2, 0) is 14.8 Å². The third-order valence-corrected chi connectivity index (χ3v) is 5.09. The number of sulfonamides is 1. The average molecular weight is 327 g/mol. The smallest absolute Gasteiger partial charge is 0.242 e. The Bertz CT molecular complexity index is 612. The van der Waals surface area contributed by atoms with Gasteiger partial charge in [-0.3, -0.25) is 4.79 Å². The largest absolute Gasteiger partial charge is 0.376 e. The number of rotatable bonds is 8. The van der Waals surface area contributed by atoms with E-state index in [9.17, 15) is 13.2 Å². The fraction of sp³-hybridized carbons (Fsp3) is 0.533. The second-order valence-electron chi connectivity index (χ2n) is 5.32. The van der Waals surface area contributed by atoms with E-state index in [0.717, 1.165) is 18.4 Å². The first-order valence-electron chi connectivity index (χ1n) is 7.32. The van der Waals surface area contributed by atoms with E-state index < -0.39 is 10.0 Å². The maximum absolute atomic E-state index is 12.1. The molecule has 0 aliphatic carbocycles. The third-order valence-electron chi connectivity index (χ3n) is 3.28. The van der Waals surface area contributed by atoms with E-state index in [1.54, 1.807) is 18.2 Å². The zero-order chi connectivity index (χ0) is 16.8. The molecule has 0 atom stereocenters. The first kappa shape index (κ1) is 18.4. The van der Waals surface area contributed by atoms with Crippen molar-refractivity contribution in [2.75, 3.05) is 32.5 Å². The van der Waals surface area contributed by atoms with Crippen molar-refractivity contribution in [3.63, 3.8) is 0 Å². The zero-order valence-corrected chi connectivity index (χ0v) is 14.5. The topological polar surface area (TPSA) is 78.5 Å². The Hall–Kier alpha value is -1.60. The lowest BCUT2D eigenvalue weighted by Gasteiger charge is -2.15. The van der Waals surface area contributed by atoms with Crippen LogP contribution in [-0.4, -0.2) is 45.8 Å². The molecule has 0 saturated carbocycles. The van der Waals surface area contributed by atoms with Gasteiger partial charge in [0, 0.05) is 26.3 Å². The van der Waals surface area contributed by atoms with Gasteiger partial charge in [-0.2, -0.15) is 0 Å². The van der Waals surface area contributed by atoms with Gasteiger partial charge in [-0.15, -0.1) is 0 Å². The van der Waals surface area contributed by atoms with Crippen LogP contribution in [0.2, 0.25) is 0 Å². The molecule has 0 unspecified atom stereocenters. The number of anilines is 1. The summed E-state index contributed by atoms with van der Waals surface area (Å²) in [6, 6.07) is 4.86. The molecule has 0 spiro atoms.